The van der Waals surface area contributed by atoms with Crippen LogP contribution in [0.25, 0.3) is 0 Å². The standard InChI is InChI=1S/C14H18O5/c1-2-7-19-14(17)9-5-6-10(15)12(13(9)16)11-4-3-8-18-11/h5-6,11,15-16H,2-4,7-8H2,1H3. The molecule has 104 valence electrons. The Balaban J connectivity index is 2.30. The van der Waals surface area contributed by atoms with E-state index in [9.17, 15) is 15.0 Å². The maximum absolute atomic E-state index is 11.8. The molecule has 0 bridgehead atoms. The van der Waals surface area contributed by atoms with E-state index in [0.29, 0.717) is 26.1 Å². The average Bonchev–Trinajstić information content (AvgIpc) is 2.90. The highest BCUT2D eigenvalue weighted by Gasteiger charge is 2.27. The molecule has 0 spiro atoms. The van der Waals surface area contributed by atoms with E-state index in [0.717, 1.165) is 6.42 Å². The first kappa shape index (κ1) is 13.7. The number of carbonyl (C=O) groups excluding carboxylic acids is 1. The predicted octanol–water partition coefficient (Wildman–Crippen LogP) is 2.52. The van der Waals surface area contributed by atoms with Crippen molar-refractivity contribution in [3.8, 4) is 11.5 Å². The topological polar surface area (TPSA) is 76.0 Å². The number of aromatic hydroxyl groups is 2. The minimum Gasteiger partial charge on any atom is -0.507 e. The van der Waals surface area contributed by atoms with E-state index >= 15 is 0 Å². The molecule has 1 fully saturated rings. The number of phenols is 2. The highest BCUT2D eigenvalue weighted by Crippen LogP contribution is 2.41. The number of ether oxygens (including phenoxy) is 2. The minimum atomic E-state index is -0.585. The molecule has 0 aromatic heterocycles. The van der Waals surface area contributed by atoms with Crippen molar-refractivity contribution in [3.63, 3.8) is 0 Å². The molecule has 1 aliphatic heterocycles. The van der Waals surface area contributed by atoms with Crippen molar-refractivity contribution in [3.05, 3.63) is 23.3 Å². The molecule has 5 heteroatoms. The van der Waals surface area contributed by atoms with Crippen LogP contribution in [0.3, 0.4) is 0 Å². The van der Waals surface area contributed by atoms with Gasteiger partial charge in [0.1, 0.15) is 17.1 Å². The van der Waals surface area contributed by atoms with Crippen molar-refractivity contribution in [1.82, 2.24) is 0 Å². The monoisotopic (exact) mass is 266 g/mol. The van der Waals surface area contributed by atoms with Crippen LogP contribution in [0.2, 0.25) is 0 Å². The molecule has 1 unspecified atom stereocenters. The van der Waals surface area contributed by atoms with E-state index < -0.39 is 5.97 Å². The molecule has 19 heavy (non-hydrogen) atoms. The second kappa shape index (κ2) is 5.93. The van der Waals surface area contributed by atoms with E-state index in [1.807, 2.05) is 6.92 Å². The lowest BCUT2D eigenvalue weighted by Crippen LogP contribution is -2.08. The Kier molecular flexibility index (Phi) is 4.27. The van der Waals surface area contributed by atoms with Gasteiger partial charge < -0.3 is 19.7 Å². The summed E-state index contributed by atoms with van der Waals surface area (Å²) in [5, 5.41) is 20.0. The Bertz CT molecular complexity index is 463. The smallest absolute Gasteiger partial charge is 0.341 e. The fourth-order valence-corrected chi connectivity index (χ4v) is 2.16. The largest absolute Gasteiger partial charge is 0.507 e. The van der Waals surface area contributed by atoms with Gasteiger partial charge in [0, 0.05) is 6.61 Å². The fraction of sp³-hybridized carbons (Fsp3) is 0.500. The van der Waals surface area contributed by atoms with Crippen molar-refractivity contribution in [1.29, 1.82) is 0 Å². The third kappa shape index (κ3) is 2.81. The highest BCUT2D eigenvalue weighted by molar-refractivity contribution is 5.93. The number of carbonyl (C=O) groups is 1. The predicted molar refractivity (Wildman–Crippen MR) is 68.3 cm³/mol. The van der Waals surface area contributed by atoms with Gasteiger partial charge in [0.25, 0.3) is 0 Å². The number of benzene rings is 1. The molecule has 2 rings (SSSR count). The maximum Gasteiger partial charge on any atom is 0.341 e. The van der Waals surface area contributed by atoms with Gasteiger partial charge in [-0.2, -0.15) is 0 Å². The molecule has 1 saturated heterocycles. The van der Waals surface area contributed by atoms with E-state index in [1.54, 1.807) is 0 Å². The first-order valence-electron chi connectivity index (χ1n) is 6.48. The summed E-state index contributed by atoms with van der Waals surface area (Å²) in [6, 6.07) is 2.75. The van der Waals surface area contributed by atoms with Gasteiger partial charge in [-0.25, -0.2) is 4.79 Å². The summed E-state index contributed by atoms with van der Waals surface area (Å²) in [7, 11) is 0. The maximum atomic E-state index is 11.8. The summed E-state index contributed by atoms with van der Waals surface area (Å²) in [6.45, 7) is 2.78. The Labute approximate surface area is 111 Å². The lowest BCUT2D eigenvalue weighted by molar-refractivity contribution is 0.0500. The average molecular weight is 266 g/mol. The van der Waals surface area contributed by atoms with Crippen LogP contribution in [0.5, 0.6) is 11.5 Å². The molecule has 1 aliphatic rings. The third-order valence-corrected chi connectivity index (χ3v) is 3.10. The van der Waals surface area contributed by atoms with Gasteiger partial charge in [-0.1, -0.05) is 6.92 Å². The van der Waals surface area contributed by atoms with Crippen molar-refractivity contribution in [2.24, 2.45) is 0 Å². The van der Waals surface area contributed by atoms with Crippen LogP contribution in [0.1, 0.15) is 48.2 Å². The van der Waals surface area contributed by atoms with Crippen LogP contribution in [0.15, 0.2) is 12.1 Å². The second-order valence-corrected chi connectivity index (χ2v) is 4.53. The molecular formula is C14H18O5. The Morgan fingerprint density at radius 1 is 1.47 bits per heavy atom. The van der Waals surface area contributed by atoms with E-state index in [1.165, 1.54) is 12.1 Å². The molecule has 1 atom stereocenters. The lowest BCUT2D eigenvalue weighted by Gasteiger charge is -2.15. The number of phenolic OH excluding ortho intramolecular Hbond substituents is 2. The normalized spacial score (nSPS) is 18.5. The van der Waals surface area contributed by atoms with Gasteiger partial charge in [-0.3, -0.25) is 0 Å². The first-order chi connectivity index (χ1) is 9.15. The zero-order chi connectivity index (χ0) is 13.8. The molecular weight excluding hydrogens is 248 g/mol. The van der Waals surface area contributed by atoms with Crippen molar-refractivity contribution in [2.75, 3.05) is 13.2 Å². The summed E-state index contributed by atoms with van der Waals surface area (Å²) >= 11 is 0. The first-order valence-corrected chi connectivity index (χ1v) is 6.48. The number of hydrogen-bond donors (Lipinski definition) is 2. The van der Waals surface area contributed by atoms with E-state index in [2.05, 4.69) is 0 Å². The molecule has 5 nitrogen and oxygen atoms in total. The van der Waals surface area contributed by atoms with Crippen molar-refractivity contribution >= 4 is 5.97 Å². The van der Waals surface area contributed by atoms with Crippen LogP contribution in [0.4, 0.5) is 0 Å². The zero-order valence-corrected chi connectivity index (χ0v) is 10.9. The SMILES string of the molecule is CCCOC(=O)c1ccc(O)c(C2CCCO2)c1O. The molecule has 1 aromatic rings. The fourth-order valence-electron chi connectivity index (χ4n) is 2.16. The van der Waals surface area contributed by atoms with Crippen LogP contribution in [0, 0.1) is 0 Å². The van der Waals surface area contributed by atoms with Crippen LogP contribution in [-0.4, -0.2) is 29.4 Å². The molecule has 0 amide bonds. The van der Waals surface area contributed by atoms with Crippen LogP contribution in [-0.2, 0) is 9.47 Å². The third-order valence-electron chi connectivity index (χ3n) is 3.10. The quantitative estimate of drug-likeness (QED) is 0.819. The summed E-state index contributed by atoms with van der Waals surface area (Å²) in [6.07, 6.45) is 1.94. The van der Waals surface area contributed by atoms with Crippen molar-refractivity contribution in [2.45, 2.75) is 32.3 Å². The van der Waals surface area contributed by atoms with Gasteiger partial charge in [0.05, 0.1) is 18.3 Å². The highest BCUT2D eigenvalue weighted by atomic mass is 16.5. The minimum absolute atomic E-state index is 0.0589. The second-order valence-electron chi connectivity index (χ2n) is 4.53. The zero-order valence-electron chi connectivity index (χ0n) is 10.9. The number of rotatable bonds is 4. The van der Waals surface area contributed by atoms with Gasteiger partial charge in [-0.05, 0) is 31.4 Å². The lowest BCUT2D eigenvalue weighted by atomic mass is 10.0. The van der Waals surface area contributed by atoms with Gasteiger partial charge >= 0.3 is 5.97 Å². The molecule has 0 saturated carbocycles. The molecule has 1 aromatic carbocycles. The van der Waals surface area contributed by atoms with Crippen LogP contribution < -0.4 is 0 Å². The summed E-state index contributed by atoms with van der Waals surface area (Å²) in [4.78, 5) is 11.8. The summed E-state index contributed by atoms with van der Waals surface area (Å²) in [5.74, 6) is -0.886. The Hall–Kier alpha value is -1.75. The van der Waals surface area contributed by atoms with E-state index in [-0.39, 0.29) is 28.7 Å². The van der Waals surface area contributed by atoms with Gasteiger partial charge in [0.15, 0.2) is 0 Å². The Morgan fingerprint density at radius 3 is 2.89 bits per heavy atom. The van der Waals surface area contributed by atoms with E-state index in [4.69, 9.17) is 9.47 Å². The molecule has 0 radical (unpaired) electrons. The van der Waals surface area contributed by atoms with Crippen molar-refractivity contribution < 1.29 is 24.5 Å². The van der Waals surface area contributed by atoms with Gasteiger partial charge in [0.2, 0.25) is 0 Å². The van der Waals surface area contributed by atoms with Gasteiger partial charge in [-0.15, -0.1) is 0 Å². The molecule has 2 N–H and O–H groups in total. The number of esters is 1. The Morgan fingerprint density at radius 2 is 2.26 bits per heavy atom. The van der Waals surface area contributed by atoms with Crippen LogP contribution >= 0.6 is 0 Å². The molecule has 1 heterocycles. The summed E-state index contributed by atoms with van der Waals surface area (Å²) in [5.41, 5.74) is 0.347. The molecule has 0 aliphatic carbocycles. The number of hydrogen-bond acceptors (Lipinski definition) is 5. The summed E-state index contributed by atoms with van der Waals surface area (Å²) < 4.78 is 10.4.